The molecule has 0 aliphatic carbocycles. The SMILES string of the molecule is Cc1cc(C(N)CCO)ccc1Cl. The van der Waals surface area contributed by atoms with E-state index in [-0.39, 0.29) is 12.6 Å². The lowest BCUT2D eigenvalue weighted by Crippen LogP contribution is -2.11. The summed E-state index contributed by atoms with van der Waals surface area (Å²) in [7, 11) is 0. The van der Waals surface area contributed by atoms with Gasteiger partial charge in [-0.1, -0.05) is 23.7 Å². The van der Waals surface area contributed by atoms with Gasteiger partial charge in [0.1, 0.15) is 0 Å². The van der Waals surface area contributed by atoms with Crippen LogP contribution in [-0.2, 0) is 0 Å². The second-order valence-corrected chi connectivity index (χ2v) is 3.53. The minimum atomic E-state index is -0.0963. The minimum Gasteiger partial charge on any atom is -0.396 e. The van der Waals surface area contributed by atoms with Crippen molar-refractivity contribution < 1.29 is 5.11 Å². The zero-order valence-electron chi connectivity index (χ0n) is 7.63. The Balaban J connectivity index is 2.84. The predicted octanol–water partition coefficient (Wildman–Crippen LogP) is 2.03. The second kappa shape index (κ2) is 4.61. The van der Waals surface area contributed by atoms with Crippen molar-refractivity contribution in [3.8, 4) is 0 Å². The zero-order chi connectivity index (χ0) is 9.84. The maximum Gasteiger partial charge on any atom is 0.0449 e. The van der Waals surface area contributed by atoms with Crippen LogP contribution in [0.3, 0.4) is 0 Å². The minimum absolute atomic E-state index is 0.0963. The lowest BCUT2D eigenvalue weighted by molar-refractivity contribution is 0.276. The maximum atomic E-state index is 8.72. The number of hydrogen-bond acceptors (Lipinski definition) is 2. The first kappa shape index (κ1) is 10.5. The van der Waals surface area contributed by atoms with Gasteiger partial charge in [-0.3, -0.25) is 0 Å². The molecule has 0 aromatic heterocycles. The van der Waals surface area contributed by atoms with Crippen LogP contribution >= 0.6 is 11.6 Å². The van der Waals surface area contributed by atoms with E-state index in [2.05, 4.69) is 0 Å². The average Bonchev–Trinajstić information content (AvgIpc) is 2.10. The van der Waals surface area contributed by atoms with E-state index in [0.717, 1.165) is 16.1 Å². The molecule has 0 saturated carbocycles. The zero-order valence-corrected chi connectivity index (χ0v) is 8.38. The van der Waals surface area contributed by atoms with Gasteiger partial charge in [-0.15, -0.1) is 0 Å². The first-order chi connectivity index (χ1) is 6.15. The molecule has 0 aliphatic rings. The lowest BCUT2D eigenvalue weighted by atomic mass is 10.0. The van der Waals surface area contributed by atoms with Crippen molar-refractivity contribution in [1.82, 2.24) is 0 Å². The van der Waals surface area contributed by atoms with Gasteiger partial charge < -0.3 is 10.8 Å². The fourth-order valence-electron chi connectivity index (χ4n) is 1.20. The summed E-state index contributed by atoms with van der Waals surface area (Å²) in [5.41, 5.74) is 7.87. The molecule has 2 nitrogen and oxygen atoms in total. The van der Waals surface area contributed by atoms with Crippen LogP contribution in [0.1, 0.15) is 23.6 Å². The summed E-state index contributed by atoms with van der Waals surface area (Å²) in [5.74, 6) is 0. The Morgan fingerprint density at radius 2 is 2.23 bits per heavy atom. The molecule has 1 atom stereocenters. The Morgan fingerprint density at radius 3 is 2.77 bits per heavy atom. The van der Waals surface area contributed by atoms with Gasteiger partial charge in [0.15, 0.2) is 0 Å². The molecular weight excluding hydrogens is 186 g/mol. The quantitative estimate of drug-likeness (QED) is 0.783. The van der Waals surface area contributed by atoms with Crippen molar-refractivity contribution >= 4 is 11.6 Å². The van der Waals surface area contributed by atoms with E-state index < -0.39 is 0 Å². The number of aliphatic hydroxyl groups excluding tert-OH is 1. The Kier molecular flexibility index (Phi) is 3.72. The predicted molar refractivity (Wildman–Crippen MR) is 54.8 cm³/mol. The van der Waals surface area contributed by atoms with Crippen LogP contribution < -0.4 is 5.73 Å². The third-order valence-electron chi connectivity index (χ3n) is 2.05. The number of aliphatic hydroxyl groups is 1. The highest BCUT2D eigenvalue weighted by atomic mass is 35.5. The van der Waals surface area contributed by atoms with Gasteiger partial charge in [-0.05, 0) is 30.5 Å². The standard InChI is InChI=1S/C10H14ClNO/c1-7-6-8(2-3-9(7)11)10(12)4-5-13/h2-3,6,10,13H,4-5,12H2,1H3. The third kappa shape index (κ3) is 2.69. The molecule has 1 rings (SSSR count). The normalized spacial score (nSPS) is 12.9. The Morgan fingerprint density at radius 1 is 1.54 bits per heavy atom. The molecule has 0 saturated heterocycles. The summed E-state index contributed by atoms with van der Waals surface area (Å²) in [6, 6.07) is 5.60. The lowest BCUT2D eigenvalue weighted by Gasteiger charge is -2.11. The monoisotopic (exact) mass is 199 g/mol. The molecule has 0 bridgehead atoms. The van der Waals surface area contributed by atoms with Gasteiger partial charge in [0.05, 0.1) is 0 Å². The number of aryl methyl sites for hydroxylation is 1. The van der Waals surface area contributed by atoms with Crippen LogP contribution in [0.5, 0.6) is 0 Å². The molecule has 1 aromatic carbocycles. The van der Waals surface area contributed by atoms with E-state index in [1.807, 2.05) is 25.1 Å². The van der Waals surface area contributed by atoms with Crippen LogP contribution in [0.2, 0.25) is 5.02 Å². The Hall–Kier alpha value is -0.570. The molecule has 3 N–H and O–H groups in total. The van der Waals surface area contributed by atoms with Crippen molar-refractivity contribution in [3.63, 3.8) is 0 Å². The van der Waals surface area contributed by atoms with Crippen LogP contribution in [0.4, 0.5) is 0 Å². The molecular formula is C10H14ClNO. The first-order valence-corrected chi connectivity index (χ1v) is 4.65. The molecule has 1 unspecified atom stereocenters. The summed E-state index contributed by atoms with van der Waals surface area (Å²) in [5, 5.41) is 9.47. The molecule has 0 aliphatic heterocycles. The highest BCUT2D eigenvalue weighted by Gasteiger charge is 2.05. The summed E-state index contributed by atoms with van der Waals surface area (Å²) in [4.78, 5) is 0. The largest absolute Gasteiger partial charge is 0.396 e. The molecule has 0 heterocycles. The van der Waals surface area contributed by atoms with Crippen molar-refractivity contribution in [3.05, 3.63) is 34.3 Å². The van der Waals surface area contributed by atoms with Gasteiger partial charge in [0.2, 0.25) is 0 Å². The van der Waals surface area contributed by atoms with Gasteiger partial charge in [0.25, 0.3) is 0 Å². The van der Waals surface area contributed by atoms with E-state index >= 15 is 0 Å². The van der Waals surface area contributed by atoms with Crippen LogP contribution in [0.15, 0.2) is 18.2 Å². The summed E-state index contributed by atoms with van der Waals surface area (Å²) in [6.45, 7) is 2.06. The van der Waals surface area contributed by atoms with Crippen LogP contribution in [0.25, 0.3) is 0 Å². The number of benzene rings is 1. The van der Waals surface area contributed by atoms with E-state index in [4.69, 9.17) is 22.4 Å². The fraction of sp³-hybridized carbons (Fsp3) is 0.400. The van der Waals surface area contributed by atoms with Crippen LogP contribution in [0, 0.1) is 6.92 Å². The van der Waals surface area contributed by atoms with Gasteiger partial charge in [-0.2, -0.15) is 0 Å². The van der Waals surface area contributed by atoms with Crippen molar-refractivity contribution in [2.75, 3.05) is 6.61 Å². The Labute approximate surface area is 83.3 Å². The smallest absolute Gasteiger partial charge is 0.0449 e. The van der Waals surface area contributed by atoms with E-state index in [1.54, 1.807) is 0 Å². The molecule has 0 radical (unpaired) electrons. The summed E-state index contributed by atoms with van der Waals surface area (Å²) in [6.07, 6.45) is 0.584. The summed E-state index contributed by atoms with van der Waals surface area (Å²) < 4.78 is 0. The second-order valence-electron chi connectivity index (χ2n) is 3.13. The van der Waals surface area contributed by atoms with E-state index in [1.165, 1.54) is 0 Å². The number of rotatable bonds is 3. The van der Waals surface area contributed by atoms with E-state index in [9.17, 15) is 0 Å². The van der Waals surface area contributed by atoms with Crippen molar-refractivity contribution in [1.29, 1.82) is 0 Å². The average molecular weight is 200 g/mol. The molecule has 3 heteroatoms. The highest BCUT2D eigenvalue weighted by molar-refractivity contribution is 6.31. The highest BCUT2D eigenvalue weighted by Crippen LogP contribution is 2.20. The molecule has 1 aromatic rings. The first-order valence-electron chi connectivity index (χ1n) is 4.27. The van der Waals surface area contributed by atoms with Crippen molar-refractivity contribution in [2.24, 2.45) is 5.73 Å². The van der Waals surface area contributed by atoms with Gasteiger partial charge in [-0.25, -0.2) is 0 Å². The Bertz CT molecular complexity index is 288. The molecule has 72 valence electrons. The number of hydrogen-bond donors (Lipinski definition) is 2. The molecule has 13 heavy (non-hydrogen) atoms. The summed E-state index contributed by atoms with van der Waals surface area (Å²) >= 11 is 5.87. The molecule has 0 spiro atoms. The van der Waals surface area contributed by atoms with Crippen molar-refractivity contribution in [2.45, 2.75) is 19.4 Å². The van der Waals surface area contributed by atoms with Gasteiger partial charge in [0, 0.05) is 17.7 Å². The fourth-order valence-corrected chi connectivity index (χ4v) is 1.32. The van der Waals surface area contributed by atoms with E-state index in [0.29, 0.717) is 6.42 Å². The maximum absolute atomic E-state index is 8.72. The topological polar surface area (TPSA) is 46.2 Å². The number of halogens is 1. The van der Waals surface area contributed by atoms with Gasteiger partial charge >= 0.3 is 0 Å². The molecule has 0 fully saturated rings. The molecule has 0 amide bonds. The third-order valence-corrected chi connectivity index (χ3v) is 2.47. The van der Waals surface area contributed by atoms with Crippen LogP contribution in [-0.4, -0.2) is 11.7 Å². The number of nitrogens with two attached hydrogens (primary N) is 1.